The molecule has 1 heterocycles. The first kappa shape index (κ1) is 23.7. The maximum Gasteiger partial charge on any atom is 0.234 e. The molecule has 0 aliphatic carbocycles. The number of hydrogen-bond acceptors (Lipinski definition) is 7. The van der Waals surface area contributed by atoms with Crippen LogP contribution in [-0.2, 0) is 11.3 Å². The SMILES string of the molecule is CCn1c(SCC(=O)Nc2cc(OC)ccc2OC)nnc1C(C)Oc1ccccc1Cl. The maximum atomic E-state index is 12.5. The number of halogens is 1. The Morgan fingerprint density at radius 2 is 1.94 bits per heavy atom. The number of para-hydroxylation sites is 1. The molecule has 0 saturated carbocycles. The summed E-state index contributed by atoms with van der Waals surface area (Å²) in [6, 6.07) is 12.5. The van der Waals surface area contributed by atoms with Gasteiger partial charge in [0.05, 0.1) is 30.7 Å². The molecule has 3 rings (SSSR count). The van der Waals surface area contributed by atoms with Crippen LogP contribution in [0.15, 0.2) is 47.6 Å². The van der Waals surface area contributed by atoms with E-state index in [1.54, 1.807) is 44.6 Å². The van der Waals surface area contributed by atoms with Gasteiger partial charge in [-0.15, -0.1) is 10.2 Å². The van der Waals surface area contributed by atoms with E-state index in [0.717, 1.165) is 0 Å². The van der Waals surface area contributed by atoms with Gasteiger partial charge in [0.25, 0.3) is 0 Å². The predicted molar refractivity (Wildman–Crippen MR) is 125 cm³/mol. The van der Waals surface area contributed by atoms with E-state index in [0.29, 0.717) is 45.5 Å². The Balaban J connectivity index is 1.66. The predicted octanol–water partition coefficient (Wildman–Crippen LogP) is 4.84. The number of amides is 1. The summed E-state index contributed by atoms with van der Waals surface area (Å²) >= 11 is 7.49. The van der Waals surface area contributed by atoms with Crippen LogP contribution >= 0.6 is 23.4 Å². The minimum atomic E-state index is -0.369. The lowest BCUT2D eigenvalue weighted by molar-refractivity contribution is -0.113. The van der Waals surface area contributed by atoms with Gasteiger partial charge in [-0.25, -0.2) is 0 Å². The molecule has 1 atom stereocenters. The molecule has 8 nitrogen and oxygen atoms in total. The van der Waals surface area contributed by atoms with Crippen LogP contribution in [0.1, 0.15) is 25.8 Å². The lowest BCUT2D eigenvalue weighted by atomic mass is 10.2. The Kier molecular flexibility index (Phi) is 8.24. The van der Waals surface area contributed by atoms with Crippen LogP contribution in [0.2, 0.25) is 5.02 Å². The molecule has 1 aromatic heterocycles. The lowest BCUT2D eigenvalue weighted by Crippen LogP contribution is -2.16. The molecular weight excluding hydrogens is 452 g/mol. The van der Waals surface area contributed by atoms with Crippen LogP contribution in [0.4, 0.5) is 5.69 Å². The second-order valence-electron chi connectivity index (χ2n) is 6.68. The molecule has 0 fully saturated rings. The highest BCUT2D eigenvalue weighted by molar-refractivity contribution is 7.99. The Hall–Kier alpha value is -2.91. The van der Waals surface area contributed by atoms with E-state index in [2.05, 4.69) is 15.5 Å². The summed E-state index contributed by atoms with van der Waals surface area (Å²) < 4.78 is 18.4. The highest BCUT2D eigenvalue weighted by atomic mass is 35.5. The number of rotatable bonds is 10. The van der Waals surface area contributed by atoms with Crippen molar-refractivity contribution in [2.24, 2.45) is 0 Å². The molecule has 0 radical (unpaired) electrons. The molecule has 0 bridgehead atoms. The Morgan fingerprint density at radius 3 is 2.62 bits per heavy atom. The molecule has 0 aliphatic rings. The van der Waals surface area contributed by atoms with Gasteiger partial charge in [-0.2, -0.15) is 0 Å². The van der Waals surface area contributed by atoms with Crippen LogP contribution in [0.25, 0.3) is 0 Å². The van der Waals surface area contributed by atoms with Crippen LogP contribution in [0.3, 0.4) is 0 Å². The normalized spacial score (nSPS) is 11.7. The van der Waals surface area contributed by atoms with Crippen molar-refractivity contribution in [2.45, 2.75) is 31.7 Å². The van der Waals surface area contributed by atoms with Crippen molar-refractivity contribution in [3.05, 3.63) is 53.3 Å². The summed E-state index contributed by atoms with van der Waals surface area (Å²) in [5.74, 6) is 2.36. The van der Waals surface area contributed by atoms with Crippen molar-refractivity contribution in [2.75, 3.05) is 25.3 Å². The number of aromatic nitrogens is 3. The number of thioether (sulfide) groups is 1. The highest BCUT2D eigenvalue weighted by Crippen LogP contribution is 2.31. The minimum absolute atomic E-state index is 0.151. The molecule has 3 aromatic rings. The number of nitrogens with one attached hydrogen (secondary N) is 1. The maximum absolute atomic E-state index is 12.5. The number of hydrogen-bond donors (Lipinski definition) is 1. The molecule has 1 N–H and O–H groups in total. The molecular formula is C22H25ClN4O4S. The molecule has 0 spiro atoms. The fraction of sp³-hybridized carbons (Fsp3) is 0.318. The second-order valence-corrected chi connectivity index (χ2v) is 8.03. The Bertz CT molecular complexity index is 1080. The van der Waals surface area contributed by atoms with Crippen LogP contribution in [0.5, 0.6) is 17.2 Å². The van der Waals surface area contributed by atoms with Gasteiger partial charge >= 0.3 is 0 Å². The first-order valence-corrected chi connectivity index (χ1v) is 11.3. The quantitative estimate of drug-likeness (QED) is 0.419. The van der Waals surface area contributed by atoms with Gasteiger partial charge in [0.15, 0.2) is 17.1 Å². The van der Waals surface area contributed by atoms with Gasteiger partial charge in [0.2, 0.25) is 5.91 Å². The molecule has 170 valence electrons. The van der Waals surface area contributed by atoms with Crippen LogP contribution < -0.4 is 19.5 Å². The second kappa shape index (κ2) is 11.1. The number of methoxy groups -OCH3 is 2. The van der Waals surface area contributed by atoms with Crippen molar-refractivity contribution >= 4 is 35.0 Å². The number of carbonyl (C=O) groups is 1. The first-order valence-electron chi connectivity index (χ1n) is 9.95. The summed E-state index contributed by atoms with van der Waals surface area (Å²) in [5.41, 5.74) is 0.539. The standard InChI is InChI=1S/C22H25ClN4O4S/c1-5-27-21(14(2)31-18-9-7-6-8-16(18)23)25-26-22(27)32-13-20(28)24-17-12-15(29-3)10-11-19(17)30-4/h6-12,14H,5,13H2,1-4H3,(H,24,28). The summed E-state index contributed by atoms with van der Waals surface area (Å²) in [6.07, 6.45) is -0.369. The van der Waals surface area contributed by atoms with Gasteiger partial charge in [0, 0.05) is 12.6 Å². The van der Waals surface area contributed by atoms with E-state index in [1.165, 1.54) is 11.8 Å². The van der Waals surface area contributed by atoms with Crippen molar-refractivity contribution in [3.8, 4) is 17.2 Å². The number of nitrogens with zero attached hydrogens (tertiary/aromatic N) is 3. The molecule has 2 aromatic carbocycles. The third kappa shape index (κ3) is 5.66. The van der Waals surface area contributed by atoms with E-state index in [1.807, 2.05) is 30.5 Å². The van der Waals surface area contributed by atoms with Crippen molar-refractivity contribution in [1.82, 2.24) is 14.8 Å². The molecule has 0 aliphatic heterocycles. The van der Waals surface area contributed by atoms with Gasteiger partial charge in [-0.1, -0.05) is 35.5 Å². The average Bonchev–Trinajstić information content (AvgIpc) is 3.22. The van der Waals surface area contributed by atoms with Gasteiger partial charge in [-0.05, 0) is 38.1 Å². The molecule has 1 unspecified atom stereocenters. The van der Waals surface area contributed by atoms with E-state index in [4.69, 9.17) is 25.8 Å². The fourth-order valence-corrected chi connectivity index (χ4v) is 4.01. The summed E-state index contributed by atoms with van der Waals surface area (Å²) in [4.78, 5) is 12.5. The van der Waals surface area contributed by atoms with E-state index in [-0.39, 0.29) is 17.8 Å². The van der Waals surface area contributed by atoms with E-state index >= 15 is 0 Å². The van der Waals surface area contributed by atoms with Gasteiger partial charge < -0.3 is 24.1 Å². The van der Waals surface area contributed by atoms with Crippen LogP contribution in [0, 0.1) is 0 Å². The van der Waals surface area contributed by atoms with Crippen molar-refractivity contribution < 1.29 is 19.0 Å². The summed E-state index contributed by atoms with van der Waals surface area (Å²) in [7, 11) is 3.11. The average molecular weight is 477 g/mol. The largest absolute Gasteiger partial charge is 0.497 e. The number of ether oxygens (including phenoxy) is 3. The minimum Gasteiger partial charge on any atom is -0.497 e. The third-order valence-corrected chi connectivity index (χ3v) is 5.86. The molecule has 1 amide bonds. The first-order chi connectivity index (χ1) is 15.5. The Labute approximate surface area is 196 Å². The van der Waals surface area contributed by atoms with E-state index < -0.39 is 0 Å². The lowest BCUT2D eigenvalue weighted by Gasteiger charge is -2.16. The number of carbonyl (C=O) groups excluding carboxylic acids is 1. The monoisotopic (exact) mass is 476 g/mol. The number of benzene rings is 2. The highest BCUT2D eigenvalue weighted by Gasteiger charge is 2.20. The molecule has 32 heavy (non-hydrogen) atoms. The van der Waals surface area contributed by atoms with Crippen molar-refractivity contribution in [3.63, 3.8) is 0 Å². The zero-order valence-corrected chi connectivity index (χ0v) is 19.9. The zero-order chi connectivity index (χ0) is 23.1. The zero-order valence-electron chi connectivity index (χ0n) is 18.3. The molecule has 0 saturated heterocycles. The van der Waals surface area contributed by atoms with Crippen LogP contribution in [-0.4, -0.2) is 40.6 Å². The fourth-order valence-electron chi connectivity index (χ4n) is 3.02. The third-order valence-electron chi connectivity index (χ3n) is 4.58. The summed E-state index contributed by atoms with van der Waals surface area (Å²) in [6.45, 7) is 4.50. The van der Waals surface area contributed by atoms with Gasteiger partial charge in [0.1, 0.15) is 17.2 Å². The van der Waals surface area contributed by atoms with Gasteiger partial charge in [-0.3, -0.25) is 4.79 Å². The topological polar surface area (TPSA) is 87.5 Å². The number of anilines is 1. The Morgan fingerprint density at radius 1 is 1.16 bits per heavy atom. The van der Waals surface area contributed by atoms with Crippen molar-refractivity contribution in [1.29, 1.82) is 0 Å². The molecule has 10 heteroatoms. The smallest absolute Gasteiger partial charge is 0.234 e. The van der Waals surface area contributed by atoms with E-state index in [9.17, 15) is 4.79 Å². The summed E-state index contributed by atoms with van der Waals surface area (Å²) in [5, 5.41) is 12.5.